The molecule has 0 unspecified atom stereocenters. The Kier molecular flexibility index (Phi) is 4.15. The van der Waals surface area contributed by atoms with Crippen LogP contribution in [-0.2, 0) is 9.53 Å². The molecule has 1 atom stereocenters. The second-order valence-corrected chi connectivity index (χ2v) is 3.98. The molecule has 0 bridgehead atoms. The lowest BCUT2D eigenvalue weighted by atomic mass is 10.2. The van der Waals surface area contributed by atoms with Crippen molar-refractivity contribution >= 4 is 35.1 Å². The van der Waals surface area contributed by atoms with Crippen LogP contribution in [0, 0.1) is 0 Å². The fourth-order valence-electron chi connectivity index (χ4n) is 0.958. The molecule has 0 aromatic heterocycles. The van der Waals surface area contributed by atoms with Crippen LogP contribution in [0.1, 0.15) is 17.3 Å². The molecule has 0 radical (unpaired) electrons. The summed E-state index contributed by atoms with van der Waals surface area (Å²) in [6, 6.07) is 4.27. The zero-order valence-electron chi connectivity index (χ0n) is 8.37. The van der Waals surface area contributed by atoms with E-state index in [1.807, 2.05) is 0 Å². The van der Waals surface area contributed by atoms with Crippen LogP contribution in [0.15, 0.2) is 18.2 Å². The summed E-state index contributed by atoms with van der Waals surface area (Å²) in [5.41, 5.74) is 5.13. The number of carbonyl (C=O) groups excluding carboxylic acids is 2. The molecule has 4 nitrogen and oxygen atoms in total. The Morgan fingerprint density at radius 3 is 2.19 bits per heavy atom. The molecule has 2 N–H and O–H groups in total. The monoisotopic (exact) mass is 261 g/mol. The predicted octanol–water partition coefficient (Wildman–Crippen LogP) is 2.02. The van der Waals surface area contributed by atoms with Gasteiger partial charge in [0.15, 0.2) is 6.10 Å². The molecule has 0 aliphatic rings. The molecule has 0 saturated heterocycles. The van der Waals surface area contributed by atoms with Gasteiger partial charge in [0.25, 0.3) is 5.91 Å². The van der Waals surface area contributed by atoms with Crippen LogP contribution < -0.4 is 5.73 Å². The summed E-state index contributed by atoms with van der Waals surface area (Å²) in [4.78, 5) is 22.2. The third-order valence-corrected chi connectivity index (χ3v) is 2.22. The van der Waals surface area contributed by atoms with E-state index in [-0.39, 0.29) is 5.56 Å². The molecule has 16 heavy (non-hydrogen) atoms. The minimum Gasteiger partial charge on any atom is -0.449 e. The van der Waals surface area contributed by atoms with Gasteiger partial charge >= 0.3 is 5.97 Å². The van der Waals surface area contributed by atoms with Crippen molar-refractivity contribution in [2.24, 2.45) is 5.73 Å². The molecular weight excluding hydrogens is 253 g/mol. The second kappa shape index (κ2) is 5.18. The predicted molar refractivity (Wildman–Crippen MR) is 60.5 cm³/mol. The number of benzene rings is 1. The second-order valence-electron chi connectivity index (χ2n) is 3.11. The number of esters is 1. The summed E-state index contributed by atoms with van der Waals surface area (Å²) < 4.78 is 4.78. The minimum absolute atomic E-state index is 0.172. The zero-order valence-corrected chi connectivity index (χ0v) is 9.88. The molecular formula is C10H9Cl2NO3. The number of carbonyl (C=O) groups is 2. The van der Waals surface area contributed by atoms with Gasteiger partial charge in [0.1, 0.15) is 0 Å². The molecule has 1 aromatic carbocycles. The SMILES string of the molecule is C[C@@H](OC(=O)c1cc(Cl)cc(Cl)c1)C(N)=O. The lowest BCUT2D eigenvalue weighted by Gasteiger charge is -2.09. The van der Waals surface area contributed by atoms with Gasteiger partial charge in [0, 0.05) is 10.0 Å². The van der Waals surface area contributed by atoms with Gasteiger partial charge in [-0.25, -0.2) is 4.79 Å². The topological polar surface area (TPSA) is 69.4 Å². The standard InChI is InChI=1S/C10H9Cl2NO3/c1-5(9(13)14)16-10(15)6-2-7(11)4-8(12)3-6/h2-5H,1H3,(H2,13,14)/t5-/m1/s1. The first-order valence-electron chi connectivity index (χ1n) is 4.36. The van der Waals surface area contributed by atoms with E-state index in [1.165, 1.54) is 25.1 Å². The molecule has 0 saturated carbocycles. The molecule has 1 aromatic rings. The Morgan fingerprint density at radius 2 is 1.75 bits per heavy atom. The Morgan fingerprint density at radius 1 is 1.25 bits per heavy atom. The fourth-order valence-corrected chi connectivity index (χ4v) is 1.48. The van der Waals surface area contributed by atoms with Crippen molar-refractivity contribution in [2.45, 2.75) is 13.0 Å². The van der Waals surface area contributed by atoms with Crippen LogP contribution in [0.3, 0.4) is 0 Å². The highest BCUT2D eigenvalue weighted by atomic mass is 35.5. The van der Waals surface area contributed by atoms with Crippen LogP contribution in [0.5, 0.6) is 0 Å². The van der Waals surface area contributed by atoms with E-state index in [0.717, 1.165) is 0 Å². The number of amides is 1. The lowest BCUT2D eigenvalue weighted by Crippen LogP contribution is -2.30. The molecule has 6 heteroatoms. The van der Waals surface area contributed by atoms with Crippen LogP contribution >= 0.6 is 23.2 Å². The number of nitrogens with two attached hydrogens (primary N) is 1. The van der Waals surface area contributed by atoms with Crippen LogP contribution in [0.25, 0.3) is 0 Å². The molecule has 0 fully saturated rings. The van der Waals surface area contributed by atoms with Crippen molar-refractivity contribution in [3.63, 3.8) is 0 Å². The van der Waals surface area contributed by atoms with Crippen molar-refractivity contribution in [3.05, 3.63) is 33.8 Å². The molecule has 0 aliphatic carbocycles. The number of ether oxygens (including phenoxy) is 1. The summed E-state index contributed by atoms with van der Waals surface area (Å²) in [5, 5.41) is 0.623. The van der Waals surface area contributed by atoms with Crippen molar-refractivity contribution in [2.75, 3.05) is 0 Å². The minimum atomic E-state index is -0.995. The Bertz CT molecular complexity index is 414. The summed E-state index contributed by atoms with van der Waals surface area (Å²) in [7, 11) is 0. The summed E-state index contributed by atoms with van der Waals surface area (Å²) >= 11 is 11.4. The van der Waals surface area contributed by atoms with E-state index >= 15 is 0 Å². The highest BCUT2D eigenvalue weighted by Crippen LogP contribution is 2.19. The van der Waals surface area contributed by atoms with Crippen LogP contribution in [0.2, 0.25) is 10.0 Å². The van der Waals surface area contributed by atoms with Crippen LogP contribution in [-0.4, -0.2) is 18.0 Å². The van der Waals surface area contributed by atoms with E-state index in [1.54, 1.807) is 0 Å². The van der Waals surface area contributed by atoms with Crippen molar-refractivity contribution in [1.29, 1.82) is 0 Å². The summed E-state index contributed by atoms with van der Waals surface area (Å²) in [6.07, 6.45) is -0.995. The summed E-state index contributed by atoms with van der Waals surface area (Å²) in [6.45, 7) is 1.38. The largest absolute Gasteiger partial charge is 0.449 e. The molecule has 0 spiro atoms. The van der Waals surface area contributed by atoms with Gasteiger partial charge in [-0.15, -0.1) is 0 Å². The molecule has 1 amide bonds. The van der Waals surface area contributed by atoms with Gasteiger partial charge in [-0.2, -0.15) is 0 Å². The third kappa shape index (κ3) is 3.40. The van der Waals surface area contributed by atoms with Gasteiger partial charge < -0.3 is 10.5 Å². The Balaban J connectivity index is 2.84. The van der Waals surface area contributed by atoms with E-state index in [0.29, 0.717) is 10.0 Å². The smallest absolute Gasteiger partial charge is 0.339 e. The maximum atomic E-state index is 11.5. The number of rotatable bonds is 3. The van der Waals surface area contributed by atoms with Crippen molar-refractivity contribution < 1.29 is 14.3 Å². The lowest BCUT2D eigenvalue weighted by molar-refractivity contribution is -0.125. The first kappa shape index (κ1) is 12.8. The van der Waals surface area contributed by atoms with Gasteiger partial charge in [0.05, 0.1) is 5.56 Å². The molecule has 1 rings (SSSR count). The number of halogens is 2. The van der Waals surface area contributed by atoms with Gasteiger partial charge in [-0.3, -0.25) is 4.79 Å². The molecule has 0 heterocycles. The van der Waals surface area contributed by atoms with Crippen molar-refractivity contribution in [1.82, 2.24) is 0 Å². The van der Waals surface area contributed by atoms with Crippen LogP contribution in [0.4, 0.5) is 0 Å². The highest BCUT2D eigenvalue weighted by molar-refractivity contribution is 6.35. The van der Waals surface area contributed by atoms with E-state index in [2.05, 4.69) is 0 Å². The van der Waals surface area contributed by atoms with Gasteiger partial charge in [-0.1, -0.05) is 23.2 Å². The molecule has 86 valence electrons. The Labute approximate surface area is 102 Å². The molecule has 0 aliphatic heterocycles. The summed E-state index contributed by atoms with van der Waals surface area (Å²) in [5.74, 6) is -1.42. The third-order valence-electron chi connectivity index (χ3n) is 1.78. The maximum absolute atomic E-state index is 11.5. The zero-order chi connectivity index (χ0) is 12.3. The normalized spacial score (nSPS) is 11.9. The average Bonchev–Trinajstić information content (AvgIpc) is 2.15. The van der Waals surface area contributed by atoms with E-state index in [9.17, 15) is 9.59 Å². The number of primary amides is 1. The Hall–Kier alpha value is -1.26. The quantitative estimate of drug-likeness (QED) is 0.847. The van der Waals surface area contributed by atoms with E-state index in [4.69, 9.17) is 33.7 Å². The van der Waals surface area contributed by atoms with Crippen molar-refractivity contribution in [3.8, 4) is 0 Å². The number of hydrogen-bond acceptors (Lipinski definition) is 3. The van der Waals surface area contributed by atoms with Gasteiger partial charge in [0.2, 0.25) is 0 Å². The first-order valence-corrected chi connectivity index (χ1v) is 5.12. The average molecular weight is 262 g/mol. The fraction of sp³-hybridized carbons (Fsp3) is 0.200. The maximum Gasteiger partial charge on any atom is 0.339 e. The first-order chi connectivity index (χ1) is 7.40. The highest BCUT2D eigenvalue weighted by Gasteiger charge is 2.16. The van der Waals surface area contributed by atoms with E-state index < -0.39 is 18.0 Å². The van der Waals surface area contributed by atoms with Gasteiger partial charge in [-0.05, 0) is 25.1 Å². The number of hydrogen-bond donors (Lipinski definition) is 1.